The van der Waals surface area contributed by atoms with E-state index < -0.39 is 41.6 Å². The highest BCUT2D eigenvalue weighted by Crippen LogP contribution is 2.39. The smallest absolute Gasteiger partial charge is 0.416 e. The van der Waals surface area contributed by atoms with E-state index in [1.807, 2.05) is 0 Å². The van der Waals surface area contributed by atoms with Gasteiger partial charge in [-0.25, -0.2) is 0 Å². The minimum absolute atomic E-state index is 0.00449. The Bertz CT molecular complexity index is 1290. The van der Waals surface area contributed by atoms with Crippen LogP contribution in [0.5, 0.6) is 5.75 Å². The number of benzene rings is 3. The van der Waals surface area contributed by atoms with E-state index in [1.54, 1.807) is 24.3 Å². The van der Waals surface area contributed by atoms with E-state index in [-0.39, 0.29) is 34.9 Å². The van der Waals surface area contributed by atoms with Crippen molar-refractivity contribution in [1.29, 1.82) is 0 Å². The molecule has 12 heteroatoms. The van der Waals surface area contributed by atoms with E-state index in [0.29, 0.717) is 16.8 Å². The SMILES string of the molecule is O=C(NC1CCC1)c1cc(Cl)c2ccccc2c1OCc1ccc(C(F)(F)F)cc1C(F)(F)F.O=CO. The van der Waals surface area contributed by atoms with Gasteiger partial charge in [-0.3, -0.25) is 9.59 Å². The van der Waals surface area contributed by atoms with Gasteiger partial charge in [0, 0.05) is 27.4 Å². The topological polar surface area (TPSA) is 75.6 Å². The summed E-state index contributed by atoms with van der Waals surface area (Å²) in [4.78, 5) is 21.3. The Morgan fingerprint density at radius 3 is 2.19 bits per heavy atom. The summed E-state index contributed by atoms with van der Waals surface area (Å²) in [6, 6.07) is 9.34. The van der Waals surface area contributed by atoms with Crippen LogP contribution in [-0.2, 0) is 23.8 Å². The number of ether oxygens (including phenoxy) is 1. The Labute approximate surface area is 212 Å². The summed E-state index contributed by atoms with van der Waals surface area (Å²) in [7, 11) is 0. The van der Waals surface area contributed by atoms with Gasteiger partial charge >= 0.3 is 12.4 Å². The molecule has 3 aromatic rings. The Morgan fingerprint density at radius 1 is 1.03 bits per heavy atom. The molecule has 0 unspecified atom stereocenters. The minimum atomic E-state index is -5.04. The third kappa shape index (κ3) is 6.65. The molecule has 1 aliphatic carbocycles. The monoisotopic (exact) mass is 547 g/mol. The van der Waals surface area contributed by atoms with E-state index in [9.17, 15) is 31.1 Å². The maximum atomic E-state index is 13.5. The first-order chi connectivity index (χ1) is 17.4. The van der Waals surface area contributed by atoms with Gasteiger partial charge in [-0.2, -0.15) is 26.3 Å². The van der Waals surface area contributed by atoms with Crippen LogP contribution in [0.3, 0.4) is 0 Å². The molecule has 4 rings (SSSR count). The van der Waals surface area contributed by atoms with Gasteiger partial charge in [0.1, 0.15) is 12.4 Å². The summed E-state index contributed by atoms with van der Waals surface area (Å²) in [5.41, 5.74) is -3.33. The summed E-state index contributed by atoms with van der Waals surface area (Å²) >= 11 is 6.33. The third-order valence-electron chi connectivity index (χ3n) is 5.74. The van der Waals surface area contributed by atoms with Gasteiger partial charge in [-0.05, 0) is 37.5 Å². The summed E-state index contributed by atoms with van der Waals surface area (Å²) in [5, 5.41) is 10.9. The minimum Gasteiger partial charge on any atom is -0.487 e. The first-order valence-corrected chi connectivity index (χ1v) is 11.2. The molecule has 0 spiro atoms. The average molecular weight is 548 g/mol. The number of carboxylic acid groups (broad SMARTS) is 1. The number of nitrogens with one attached hydrogen (secondary N) is 1. The molecule has 0 aromatic heterocycles. The number of rotatable bonds is 5. The molecule has 1 fully saturated rings. The van der Waals surface area contributed by atoms with E-state index >= 15 is 0 Å². The van der Waals surface area contributed by atoms with Gasteiger partial charge < -0.3 is 15.2 Å². The highest BCUT2D eigenvalue weighted by atomic mass is 35.5. The quantitative estimate of drug-likeness (QED) is 0.264. The Kier molecular flexibility index (Phi) is 8.57. The zero-order chi connectivity index (χ0) is 27.4. The molecule has 37 heavy (non-hydrogen) atoms. The van der Waals surface area contributed by atoms with Gasteiger partial charge in [0.2, 0.25) is 0 Å². The van der Waals surface area contributed by atoms with Crippen molar-refractivity contribution in [1.82, 2.24) is 5.32 Å². The van der Waals surface area contributed by atoms with Gasteiger partial charge in [-0.1, -0.05) is 41.9 Å². The second-order valence-electron chi connectivity index (χ2n) is 8.14. The molecule has 1 amide bonds. The summed E-state index contributed by atoms with van der Waals surface area (Å²) in [5.74, 6) is -0.485. The number of hydrogen-bond donors (Lipinski definition) is 2. The molecule has 0 bridgehead atoms. The average Bonchev–Trinajstić information content (AvgIpc) is 2.80. The van der Waals surface area contributed by atoms with E-state index in [0.717, 1.165) is 25.3 Å². The standard InChI is InChI=1S/C24H18ClF6NO2.CH2O2/c25-20-11-18(22(33)32-15-4-3-5-15)21(17-7-2-1-6-16(17)20)34-12-13-8-9-14(23(26,27)28)10-19(13)24(29,30)31;2-1-3/h1-2,6-11,15H,3-5,12H2,(H,32,33);1H,(H,2,3). The zero-order valence-electron chi connectivity index (χ0n) is 18.9. The van der Waals surface area contributed by atoms with Gasteiger partial charge in [0.05, 0.1) is 16.7 Å². The lowest BCUT2D eigenvalue weighted by Crippen LogP contribution is -2.39. The van der Waals surface area contributed by atoms with Crippen molar-refractivity contribution >= 4 is 34.8 Å². The largest absolute Gasteiger partial charge is 0.487 e. The van der Waals surface area contributed by atoms with Crippen molar-refractivity contribution in [2.75, 3.05) is 0 Å². The molecule has 198 valence electrons. The van der Waals surface area contributed by atoms with E-state index in [1.165, 1.54) is 6.07 Å². The van der Waals surface area contributed by atoms with Crippen LogP contribution in [0.15, 0.2) is 48.5 Å². The van der Waals surface area contributed by atoms with Crippen molar-refractivity contribution in [3.05, 3.63) is 75.8 Å². The van der Waals surface area contributed by atoms with Crippen LogP contribution in [0.1, 0.15) is 46.3 Å². The van der Waals surface area contributed by atoms with Crippen LogP contribution in [0.4, 0.5) is 26.3 Å². The van der Waals surface area contributed by atoms with Crippen molar-refractivity contribution in [2.45, 2.75) is 44.3 Å². The lowest BCUT2D eigenvalue weighted by molar-refractivity contribution is -0.143. The molecule has 5 nitrogen and oxygen atoms in total. The van der Waals surface area contributed by atoms with Crippen LogP contribution in [0, 0.1) is 0 Å². The predicted octanol–water partition coefficient (Wildman–Crippen LogP) is 7.09. The van der Waals surface area contributed by atoms with Crippen molar-refractivity contribution < 1.29 is 45.8 Å². The van der Waals surface area contributed by atoms with Crippen LogP contribution < -0.4 is 10.1 Å². The molecule has 1 aliphatic rings. The Hall–Kier alpha value is -3.47. The molecule has 1 saturated carbocycles. The fraction of sp³-hybridized carbons (Fsp3) is 0.280. The normalized spacial score (nSPS) is 13.8. The first-order valence-electron chi connectivity index (χ1n) is 10.9. The van der Waals surface area contributed by atoms with Crippen LogP contribution in [0.25, 0.3) is 10.8 Å². The second-order valence-corrected chi connectivity index (χ2v) is 8.55. The van der Waals surface area contributed by atoms with Crippen molar-refractivity contribution in [3.63, 3.8) is 0 Å². The number of hydrogen-bond acceptors (Lipinski definition) is 3. The zero-order valence-corrected chi connectivity index (χ0v) is 19.7. The molecular formula is C25H20ClF6NO4. The number of halogens is 7. The molecule has 0 radical (unpaired) electrons. The van der Waals surface area contributed by atoms with Gasteiger partial charge in [0.25, 0.3) is 12.4 Å². The fourth-order valence-corrected chi connectivity index (χ4v) is 4.01. The van der Waals surface area contributed by atoms with Crippen LogP contribution in [-0.4, -0.2) is 23.5 Å². The number of amides is 1. The molecule has 0 atom stereocenters. The molecular weight excluding hydrogens is 528 g/mol. The molecule has 0 aliphatic heterocycles. The van der Waals surface area contributed by atoms with Gasteiger partial charge in [0.15, 0.2) is 0 Å². The molecule has 3 aromatic carbocycles. The second kappa shape index (κ2) is 11.3. The summed E-state index contributed by atoms with van der Waals surface area (Å²) < 4.78 is 85.3. The number of carbonyl (C=O) groups is 2. The van der Waals surface area contributed by atoms with Crippen LogP contribution >= 0.6 is 11.6 Å². The first kappa shape index (κ1) is 28.1. The Morgan fingerprint density at radius 2 is 1.65 bits per heavy atom. The lowest BCUT2D eigenvalue weighted by Gasteiger charge is -2.27. The van der Waals surface area contributed by atoms with Gasteiger partial charge in [-0.15, -0.1) is 0 Å². The van der Waals surface area contributed by atoms with Crippen molar-refractivity contribution in [2.24, 2.45) is 0 Å². The van der Waals surface area contributed by atoms with Crippen molar-refractivity contribution in [3.8, 4) is 5.75 Å². The van der Waals surface area contributed by atoms with E-state index in [2.05, 4.69) is 5.32 Å². The number of fused-ring (bicyclic) bond motifs is 1. The summed E-state index contributed by atoms with van der Waals surface area (Å²) in [6.07, 6.45) is -7.38. The molecule has 0 heterocycles. The lowest BCUT2D eigenvalue weighted by atomic mass is 9.92. The van der Waals surface area contributed by atoms with E-state index in [4.69, 9.17) is 26.2 Å². The molecule has 0 saturated heterocycles. The predicted molar refractivity (Wildman–Crippen MR) is 124 cm³/mol. The van der Waals surface area contributed by atoms with Crippen LogP contribution in [0.2, 0.25) is 5.02 Å². The fourth-order valence-electron chi connectivity index (χ4n) is 3.74. The number of alkyl halides is 6. The highest BCUT2D eigenvalue weighted by Gasteiger charge is 2.38. The maximum absolute atomic E-state index is 13.5. The Balaban J connectivity index is 0.00000121. The highest BCUT2D eigenvalue weighted by molar-refractivity contribution is 6.36. The number of carbonyl (C=O) groups excluding carboxylic acids is 1. The maximum Gasteiger partial charge on any atom is 0.416 e. The summed E-state index contributed by atoms with van der Waals surface area (Å²) in [6.45, 7) is -0.956. The molecule has 2 N–H and O–H groups in total. The third-order valence-corrected chi connectivity index (χ3v) is 6.06.